The molecular formula is C14H30OS. The number of ether oxygens (including phenoxy) is 1. The van der Waals surface area contributed by atoms with Crippen LogP contribution < -0.4 is 0 Å². The highest BCUT2D eigenvalue weighted by Crippen LogP contribution is 2.14. The Morgan fingerprint density at radius 2 is 1.62 bits per heavy atom. The molecule has 0 aromatic rings. The number of hydrogen-bond donors (Lipinski definition) is 1. The Bertz CT molecular complexity index is 139. The van der Waals surface area contributed by atoms with Crippen molar-refractivity contribution in [2.45, 2.75) is 59.3 Å². The highest BCUT2D eigenvalue weighted by atomic mass is 32.1. The summed E-state index contributed by atoms with van der Waals surface area (Å²) in [6.45, 7) is 8.61. The van der Waals surface area contributed by atoms with E-state index in [9.17, 15) is 0 Å². The standard InChI is InChI=1S/C14H30OS/c1-4-7-9-13(6-3)10-15-11-14(12-16)8-5-2/h13-14,16H,4-12H2,1-3H3. The van der Waals surface area contributed by atoms with Gasteiger partial charge in [0.25, 0.3) is 0 Å². The summed E-state index contributed by atoms with van der Waals surface area (Å²) in [6.07, 6.45) is 7.70. The molecule has 0 saturated carbocycles. The van der Waals surface area contributed by atoms with Crippen molar-refractivity contribution < 1.29 is 4.74 Å². The van der Waals surface area contributed by atoms with Crippen LogP contribution in [-0.4, -0.2) is 19.0 Å². The molecule has 0 saturated heterocycles. The number of unbranched alkanes of at least 4 members (excludes halogenated alkanes) is 1. The molecule has 16 heavy (non-hydrogen) atoms. The summed E-state index contributed by atoms with van der Waals surface area (Å²) in [6, 6.07) is 0. The van der Waals surface area contributed by atoms with Crippen molar-refractivity contribution in [1.82, 2.24) is 0 Å². The molecule has 1 nitrogen and oxygen atoms in total. The van der Waals surface area contributed by atoms with E-state index in [2.05, 4.69) is 33.4 Å². The fourth-order valence-corrected chi connectivity index (χ4v) is 2.22. The van der Waals surface area contributed by atoms with Crippen LogP contribution in [0, 0.1) is 11.8 Å². The summed E-state index contributed by atoms with van der Waals surface area (Å²) in [5.41, 5.74) is 0. The lowest BCUT2D eigenvalue weighted by Gasteiger charge is -2.18. The smallest absolute Gasteiger partial charge is 0.0502 e. The van der Waals surface area contributed by atoms with E-state index < -0.39 is 0 Å². The van der Waals surface area contributed by atoms with Gasteiger partial charge >= 0.3 is 0 Å². The molecule has 0 N–H and O–H groups in total. The van der Waals surface area contributed by atoms with Gasteiger partial charge in [-0.15, -0.1) is 0 Å². The highest BCUT2D eigenvalue weighted by Gasteiger charge is 2.09. The summed E-state index contributed by atoms with van der Waals surface area (Å²) in [5, 5.41) is 0. The van der Waals surface area contributed by atoms with Gasteiger partial charge in [0.2, 0.25) is 0 Å². The summed E-state index contributed by atoms with van der Waals surface area (Å²) in [7, 11) is 0. The van der Waals surface area contributed by atoms with Gasteiger partial charge in [-0.1, -0.05) is 46.5 Å². The summed E-state index contributed by atoms with van der Waals surface area (Å²) >= 11 is 4.37. The van der Waals surface area contributed by atoms with E-state index in [0.717, 1.165) is 24.9 Å². The van der Waals surface area contributed by atoms with Crippen LogP contribution in [0.5, 0.6) is 0 Å². The van der Waals surface area contributed by atoms with Crippen molar-refractivity contribution in [3.05, 3.63) is 0 Å². The van der Waals surface area contributed by atoms with E-state index in [1.165, 1.54) is 38.5 Å². The number of hydrogen-bond acceptors (Lipinski definition) is 2. The van der Waals surface area contributed by atoms with E-state index in [1.54, 1.807) is 0 Å². The molecule has 0 aliphatic rings. The lowest BCUT2D eigenvalue weighted by Crippen LogP contribution is -2.16. The second-order valence-corrected chi connectivity index (χ2v) is 5.16. The molecule has 2 atom stereocenters. The maximum absolute atomic E-state index is 5.84. The highest BCUT2D eigenvalue weighted by molar-refractivity contribution is 7.80. The zero-order valence-electron chi connectivity index (χ0n) is 11.4. The first-order chi connectivity index (χ1) is 7.78. The minimum atomic E-state index is 0.650. The van der Waals surface area contributed by atoms with Crippen molar-refractivity contribution >= 4 is 12.6 Å². The van der Waals surface area contributed by atoms with Crippen molar-refractivity contribution in [1.29, 1.82) is 0 Å². The molecule has 0 heterocycles. The Morgan fingerprint density at radius 3 is 2.12 bits per heavy atom. The number of rotatable bonds is 11. The first-order valence-electron chi connectivity index (χ1n) is 6.96. The monoisotopic (exact) mass is 246 g/mol. The molecule has 0 aromatic heterocycles. The molecule has 0 amide bonds. The van der Waals surface area contributed by atoms with E-state index >= 15 is 0 Å². The molecule has 98 valence electrons. The summed E-state index contributed by atoms with van der Waals surface area (Å²) in [5.74, 6) is 2.37. The van der Waals surface area contributed by atoms with Gasteiger partial charge < -0.3 is 4.74 Å². The Hall–Kier alpha value is 0.310. The third-order valence-electron chi connectivity index (χ3n) is 3.21. The van der Waals surface area contributed by atoms with Gasteiger partial charge in [-0.3, -0.25) is 0 Å². The van der Waals surface area contributed by atoms with Gasteiger partial charge in [0, 0.05) is 6.61 Å². The third kappa shape index (κ3) is 8.46. The number of thiol groups is 1. The molecular weight excluding hydrogens is 216 g/mol. The van der Waals surface area contributed by atoms with Gasteiger partial charge in [-0.05, 0) is 30.4 Å². The molecule has 2 heteroatoms. The van der Waals surface area contributed by atoms with E-state index in [1.807, 2.05) is 0 Å². The largest absolute Gasteiger partial charge is 0.381 e. The summed E-state index contributed by atoms with van der Waals surface area (Å²) < 4.78 is 5.84. The van der Waals surface area contributed by atoms with Crippen LogP contribution in [0.25, 0.3) is 0 Å². The van der Waals surface area contributed by atoms with Crippen molar-refractivity contribution in [2.24, 2.45) is 11.8 Å². The first-order valence-corrected chi connectivity index (χ1v) is 7.60. The molecule has 0 rings (SSSR count). The maximum Gasteiger partial charge on any atom is 0.0502 e. The average Bonchev–Trinajstić information content (AvgIpc) is 2.32. The van der Waals surface area contributed by atoms with E-state index in [0.29, 0.717) is 5.92 Å². The van der Waals surface area contributed by atoms with Crippen molar-refractivity contribution in [3.8, 4) is 0 Å². The molecule has 2 unspecified atom stereocenters. The fourth-order valence-electron chi connectivity index (χ4n) is 1.94. The Kier molecular flexibility index (Phi) is 12.0. The average molecular weight is 246 g/mol. The van der Waals surface area contributed by atoms with Crippen molar-refractivity contribution in [3.63, 3.8) is 0 Å². The molecule has 0 radical (unpaired) electrons. The lowest BCUT2D eigenvalue weighted by molar-refractivity contribution is 0.0701. The Labute approximate surface area is 108 Å². The normalized spacial score (nSPS) is 15.0. The van der Waals surface area contributed by atoms with E-state index in [-0.39, 0.29) is 0 Å². The first kappa shape index (κ1) is 16.3. The van der Waals surface area contributed by atoms with Gasteiger partial charge in [0.1, 0.15) is 0 Å². The topological polar surface area (TPSA) is 9.23 Å². The zero-order valence-corrected chi connectivity index (χ0v) is 12.3. The van der Waals surface area contributed by atoms with Crippen LogP contribution in [0.3, 0.4) is 0 Å². The molecule has 0 spiro atoms. The molecule has 0 aliphatic carbocycles. The second-order valence-electron chi connectivity index (χ2n) is 4.79. The third-order valence-corrected chi connectivity index (χ3v) is 3.72. The zero-order chi connectivity index (χ0) is 12.2. The van der Waals surface area contributed by atoms with Crippen LogP contribution in [0.4, 0.5) is 0 Å². The van der Waals surface area contributed by atoms with Crippen molar-refractivity contribution in [2.75, 3.05) is 19.0 Å². The molecule has 0 fully saturated rings. The predicted molar refractivity (Wildman–Crippen MR) is 76.4 cm³/mol. The molecule has 0 bridgehead atoms. The van der Waals surface area contributed by atoms with Crippen LogP contribution >= 0.6 is 12.6 Å². The van der Waals surface area contributed by atoms with Gasteiger partial charge in [0.15, 0.2) is 0 Å². The molecule has 0 aliphatic heterocycles. The second kappa shape index (κ2) is 11.8. The van der Waals surface area contributed by atoms with Gasteiger partial charge in [-0.25, -0.2) is 0 Å². The van der Waals surface area contributed by atoms with Crippen LogP contribution in [0.2, 0.25) is 0 Å². The fraction of sp³-hybridized carbons (Fsp3) is 1.00. The van der Waals surface area contributed by atoms with Gasteiger partial charge in [0.05, 0.1) is 6.61 Å². The Balaban J connectivity index is 3.58. The summed E-state index contributed by atoms with van der Waals surface area (Å²) in [4.78, 5) is 0. The lowest BCUT2D eigenvalue weighted by atomic mass is 10.0. The minimum absolute atomic E-state index is 0.650. The Morgan fingerprint density at radius 1 is 0.938 bits per heavy atom. The SMILES string of the molecule is CCCCC(CC)COCC(CS)CCC. The molecule has 0 aromatic carbocycles. The quantitative estimate of drug-likeness (QED) is 0.526. The predicted octanol–water partition coefficient (Wildman–Crippen LogP) is 4.57. The van der Waals surface area contributed by atoms with Gasteiger partial charge in [-0.2, -0.15) is 12.6 Å². The maximum atomic E-state index is 5.84. The van der Waals surface area contributed by atoms with Crippen LogP contribution in [0.15, 0.2) is 0 Å². The van der Waals surface area contributed by atoms with Crippen LogP contribution in [-0.2, 0) is 4.74 Å². The van der Waals surface area contributed by atoms with Crippen LogP contribution in [0.1, 0.15) is 59.3 Å². The minimum Gasteiger partial charge on any atom is -0.381 e. The van der Waals surface area contributed by atoms with E-state index in [4.69, 9.17) is 4.74 Å².